The van der Waals surface area contributed by atoms with E-state index in [1.165, 1.54) is 11.0 Å². The minimum atomic E-state index is -3.14. The van der Waals surface area contributed by atoms with Gasteiger partial charge in [-0.3, -0.25) is 4.79 Å². The fraction of sp³-hybridized carbons (Fsp3) is 0.471. The first-order chi connectivity index (χ1) is 13.1. The molecule has 160 valence electrons. The van der Waals surface area contributed by atoms with Gasteiger partial charge >= 0.3 is 12.7 Å². The summed E-state index contributed by atoms with van der Waals surface area (Å²) in [7, 11) is 0. The normalized spacial score (nSPS) is 18.4. The van der Waals surface area contributed by atoms with E-state index in [2.05, 4.69) is 0 Å². The summed E-state index contributed by atoms with van der Waals surface area (Å²) in [6.07, 6.45) is -0.932. The molecular formula is C17H23BN2O9-2. The van der Waals surface area contributed by atoms with E-state index in [1.54, 1.807) is 6.07 Å². The number of aliphatic carboxylic acids is 1. The molecule has 2 aliphatic heterocycles. The average molecular weight is 410 g/mol. The summed E-state index contributed by atoms with van der Waals surface area (Å²) >= 11 is 0. The molecule has 1 aromatic rings. The fourth-order valence-corrected chi connectivity index (χ4v) is 3.20. The highest BCUT2D eigenvalue weighted by Crippen LogP contribution is 2.38. The van der Waals surface area contributed by atoms with Gasteiger partial charge in [0.2, 0.25) is 5.91 Å². The molecular weight excluding hydrogens is 387 g/mol. The molecule has 2 aliphatic rings. The number of carboxylic acid groups (broad SMARTS) is 2. The Hall–Kier alpha value is -2.83. The van der Waals surface area contributed by atoms with Gasteiger partial charge in [0.1, 0.15) is 17.4 Å². The van der Waals surface area contributed by atoms with Gasteiger partial charge in [0.15, 0.2) is 0 Å². The lowest BCUT2D eigenvalue weighted by atomic mass is 9.70. The first-order valence-electron chi connectivity index (χ1n) is 8.67. The molecule has 1 fully saturated rings. The highest BCUT2D eigenvalue weighted by atomic mass is 16.6. The standard InChI is InChI=1S/C16H20BN2O9.CH4/c18-10(5-12(20)21)15(22)19-6-9(7-19)27-11-2-1-8-3-4-17(25,26)28-14(8)13(11)16(23)24;/h1-2,9-10,25-26H,3-7,18H2,(H,20,21)(H,23,24);1H4/q-1;/p-1/t10-;/m1./s1. The van der Waals surface area contributed by atoms with Crippen molar-refractivity contribution in [2.45, 2.75) is 38.7 Å². The molecule has 1 atom stereocenters. The van der Waals surface area contributed by atoms with Crippen LogP contribution in [-0.4, -0.2) is 69.9 Å². The van der Waals surface area contributed by atoms with E-state index in [-0.39, 0.29) is 50.3 Å². The summed E-state index contributed by atoms with van der Waals surface area (Å²) in [5.74, 6) is -3.53. The fourth-order valence-electron chi connectivity index (χ4n) is 3.20. The minimum Gasteiger partial charge on any atom is -0.669 e. The first kappa shape index (κ1) is 22.5. The summed E-state index contributed by atoms with van der Waals surface area (Å²) in [5, 5.41) is 39.5. The third-order valence-corrected chi connectivity index (χ3v) is 4.67. The van der Waals surface area contributed by atoms with Crippen molar-refractivity contribution in [3.63, 3.8) is 0 Å². The highest BCUT2D eigenvalue weighted by Gasteiger charge is 2.37. The van der Waals surface area contributed by atoms with Crippen LogP contribution in [0.15, 0.2) is 12.1 Å². The van der Waals surface area contributed by atoms with Crippen molar-refractivity contribution in [1.29, 1.82) is 0 Å². The van der Waals surface area contributed by atoms with Gasteiger partial charge in [-0.05, 0) is 18.1 Å². The van der Waals surface area contributed by atoms with Crippen molar-refractivity contribution >= 4 is 24.6 Å². The molecule has 0 radical (unpaired) electrons. The molecule has 1 saturated heterocycles. The number of aromatic carboxylic acids is 1. The Kier molecular flexibility index (Phi) is 6.41. The topological polar surface area (TPSA) is 183 Å². The van der Waals surface area contributed by atoms with E-state index >= 15 is 0 Å². The van der Waals surface area contributed by atoms with Crippen LogP contribution in [0, 0.1) is 0 Å². The molecule has 0 saturated carbocycles. The maximum absolute atomic E-state index is 12.0. The van der Waals surface area contributed by atoms with Crippen molar-refractivity contribution in [2.24, 2.45) is 5.73 Å². The average Bonchev–Trinajstić information content (AvgIpc) is 2.54. The second kappa shape index (κ2) is 8.27. The van der Waals surface area contributed by atoms with Gasteiger partial charge in [-0.15, -0.1) is 0 Å². The van der Waals surface area contributed by atoms with E-state index in [0.717, 1.165) is 0 Å². The highest BCUT2D eigenvalue weighted by molar-refractivity contribution is 6.59. The predicted octanol–water partition coefficient (Wildman–Crippen LogP) is -2.06. The number of ether oxygens (including phenoxy) is 1. The molecule has 0 unspecified atom stereocenters. The van der Waals surface area contributed by atoms with Gasteiger partial charge in [0, 0.05) is 12.4 Å². The summed E-state index contributed by atoms with van der Waals surface area (Å²) in [5.41, 5.74) is 5.69. The van der Waals surface area contributed by atoms with Gasteiger partial charge < -0.3 is 45.1 Å². The van der Waals surface area contributed by atoms with Gasteiger partial charge in [-0.1, -0.05) is 19.8 Å². The second-order valence-corrected chi connectivity index (χ2v) is 6.91. The molecule has 11 nitrogen and oxygen atoms in total. The number of nitrogens with two attached hydrogens (primary N) is 1. The molecule has 0 bridgehead atoms. The molecule has 0 aromatic heterocycles. The van der Waals surface area contributed by atoms with Crippen LogP contribution in [0.1, 0.15) is 29.8 Å². The zero-order chi connectivity index (χ0) is 20.6. The third kappa shape index (κ3) is 4.78. The quantitative estimate of drug-likeness (QED) is 0.380. The van der Waals surface area contributed by atoms with Crippen LogP contribution in [0.3, 0.4) is 0 Å². The van der Waals surface area contributed by atoms with Crippen LogP contribution >= 0.6 is 0 Å². The predicted molar refractivity (Wildman–Crippen MR) is 98.1 cm³/mol. The SMILES string of the molecule is C.N[C@H](CC(=O)[O-])C(=O)N1CC(Oc2ccc3c(c2C(=O)O)O[B-](O)(O)CC3)C1. The number of benzene rings is 1. The number of fused-ring (bicyclic) bond motifs is 1. The molecule has 0 spiro atoms. The Morgan fingerprint density at radius 1 is 1.34 bits per heavy atom. The van der Waals surface area contributed by atoms with Crippen molar-refractivity contribution < 1.29 is 44.0 Å². The molecule has 0 aliphatic carbocycles. The van der Waals surface area contributed by atoms with Crippen LogP contribution in [0.4, 0.5) is 0 Å². The summed E-state index contributed by atoms with van der Waals surface area (Å²) in [6, 6.07) is 1.81. The van der Waals surface area contributed by atoms with E-state index in [9.17, 15) is 34.6 Å². The van der Waals surface area contributed by atoms with Gasteiger partial charge in [0.25, 0.3) is 0 Å². The molecule has 3 rings (SSSR count). The lowest BCUT2D eigenvalue weighted by molar-refractivity contribution is -0.306. The van der Waals surface area contributed by atoms with Crippen LogP contribution in [-0.2, 0) is 16.0 Å². The van der Waals surface area contributed by atoms with Gasteiger partial charge in [0.05, 0.1) is 24.9 Å². The number of carboxylic acids is 2. The van der Waals surface area contributed by atoms with Crippen LogP contribution in [0.25, 0.3) is 0 Å². The van der Waals surface area contributed by atoms with Crippen molar-refractivity contribution in [1.82, 2.24) is 4.90 Å². The van der Waals surface area contributed by atoms with Crippen LogP contribution in [0.2, 0.25) is 6.32 Å². The maximum Gasteiger partial charge on any atom is 0.430 e. The molecule has 12 heteroatoms. The van der Waals surface area contributed by atoms with Gasteiger partial charge in [-0.25, -0.2) is 4.79 Å². The summed E-state index contributed by atoms with van der Waals surface area (Å²) in [6.45, 7) is -2.94. The number of nitrogens with zero attached hydrogens (tertiary/aromatic N) is 1. The number of amides is 1. The Morgan fingerprint density at radius 3 is 2.59 bits per heavy atom. The number of carbonyl (C=O) groups excluding carboxylic acids is 2. The smallest absolute Gasteiger partial charge is 0.430 e. The first-order valence-corrected chi connectivity index (χ1v) is 8.67. The number of rotatable bonds is 6. The summed E-state index contributed by atoms with van der Waals surface area (Å²) in [4.78, 5) is 35.5. The van der Waals surface area contributed by atoms with E-state index in [0.29, 0.717) is 5.56 Å². The molecule has 29 heavy (non-hydrogen) atoms. The number of aryl methyl sites for hydroxylation is 1. The van der Waals surface area contributed by atoms with Crippen molar-refractivity contribution in [2.75, 3.05) is 13.1 Å². The monoisotopic (exact) mass is 410 g/mol. The largest absolute Gasteiger partial charge is 0.669 e. The van der Waals surface area contributed by atoms with E-state index in [4.69, 9.17) is 15.1 Å². The van der Waals surface area contributed by atoms with Crippen LogP contribution < -0.4 is 20.2 Å². The second-order valence-electron chi connectivity index (χ2n) is 6.91. The molecule has 2 heterocycles. The third-order valence-electron chi connectivity index (χ3n) is 4.67. The summed E-state index contributed by atoms with van der Waals surface area (Å²) < 4.78 is 10.7. The molecule has 1 amide bonds. The molecule has 1 aromatic carbocycles. The minimum absolute atomic E-state index is 0. The Bertz CT molecular complexity index is 823. The Morgan fingerprint density at radius 2 is 2.00 bits per heavy atom. The van der Waals surface area contributed by atoms with Crippen molar-refractivity contribution in [3.8, 4) is 11.5 Å². The van der Waals surface area contributed by atoms with E-state index < -0.39 is 43.2 Å². The van der Waals surface area contributed by atoms with E-state index in [1.807, 2.05) is 0 Å². The van der Waals surface area contributed by atoms with Crippen LogP contribution in [0.5, 0.6) is 11.5 Å². The lowest BCUT2D eigenvalue weighted by Crippen LogP contribution is -2.60. The lowest BCUT2D eigenvalue weighted by Gasteiger charge is -2.41. The number of likely N-dealkylation sites (tertiary alicyclic amines) is 1. The zero-order valence-electron chi connectivity index (χ0n) is 14.7. The number of hydrogen-bond acceptors (Lipinski definition) is 9. The molecule has 5 N–H and O–H groups in total. The Balaban J connectivity index is 0.00000300. The zero-order valence-corrected chi connectivity index (χ0v) is 14.7. The van der Waals surface area contributed by atoms with Crippen molar-refractivity contribution in [3.05, 3.63) is 23.3 Å². The maximum atomic E-state index is 12.0. The van der Waals surface area contributed by atoms with Gasteiger partial charge in [-0.2, -0.15) is 0 Å². The Labute approximate surface area is 166 Å². The number of carbonyl (C=O) groups is 3. The number of hydrogen-bond donors (Lipinski definition) is 4.